The molecule has 4 heteroatoms. The summed E-state index contributed by atoms with van der Waals surface area (Å²) < 4.78 is 16.1. The fraction of sp³-hybridized carbons (Fsp3) is 0.600. The molecule has 1 heterocycles. The Balaban J connectivity index is 1.75. The molecule has 4 nitrogen and oxygen atoms in total. The minimum absolute atomic E-state index is 0.0515. The second kappa shape index (κ2) is 7.48. The monoisotopic (exact) mass is 265 g/mol. The van der Waals surface area contributed by atoms with Crippen molar-refractivity contribution in [2.24, 2.45) is 11.7 Å². The van der Waals surface area contributed by atoms with Gasteiger partial charge in [-0.15, -0.1) is 0 Å². The van der Waals surface area contributed by atoms with Gasteiger partial charge in [-0.3, -0.25) is 0 Å². The van der Waals surface area contributed by atoms with Gasteiger partial charge in [-0.2, -0.15) is 0 Å². The zero-order chi connectivity index (χ0) is 13.5. The molecule has 0 aliphatic carbocycles. The maximum absolute atomic E-state index is 6.10. The number of hydrogen-bond donors (Lipinski definition) is 1. The minimum atomic E-state index is 0.0515. The van der Waals surface area contributed by atoms with Crippen LogP contribution in [0.2, 0.25) is 0 Å². The van der Waals surface area contributed by atoms with E-state index in [1.807, 2.05) is 12.1 Å². The van der Waals surface area contributed by atoms with Gasteiger partial charge in [-0.25, -0.2) is 0 Å². The summed E-state index contributed by atoms with van der Waals surface area (Å²) in [5.41, 5.74) is 7.35. The number of benzene rings is 1. The average Bonchev–Trinajstić information content (AvgIpc) is 2.98. The van der Waals surface area contributed by atoms with Gasteiger partial charge in [0.05, 0.1) is 13.2 Å². The van der Waals surface area contributed by atoms with E-state index >= 15 is 0 Å². The summed E-state index contributed by atoms with van der Waals surface area (Å²) in [4.78, 5) is 0. The van der Waals surface area contributed by atoms with Gasteiger partial charge >= 0.3 is 0 Å². The lowest BCUT2D eigenvalue weighted by atomic mass is 10.0. The molecule has 106 valence electrons. The number of methoxy groups -OCH3 is 1. The molecular weight excluding hydrogens is 242 g/mol. The van der Waals surface area contributed by atoms with E-state index in [9.17, 15) is 0 Å². The number of ether oxygens (including phenoxy) is 3. The predicted octanol–water partition coefficient (Wildman–Crippen LogP) is 1.62. The molecule has 0 spiro atoms. The molecule has 0 radical (unpaired) electrons. The van der Waals surface area contributed by atoms with E-state index in [0.29, 0.717) is 12.5 Å². The van der Waals surface area contributed by atoms with E-state index in [2.05, 4.69) is 12.1 Å². The van der Waals surface area contributed by atoms with Gasteiger partial charge in [0.15, 0.2) is 0 Å². The van der Waals surface area contributed by atoms with E-state index < -0.39 is 0 Å². The summed E-state index contributed by atoms with van der Waals surface area (Å²) in [5.74, 6) is 1.30. The molecule has 1 saturated heterocycles. The van der Waals surface area contributed by atoms with Crippen LogP contribution in [-0.4, -0.2) is 39.6 Å². The van der Waals surface area contributed by atoms with Crippen molar-refractivity contribution in [3.63, 3.8) is 0 Å². The summed E-state index contributed by atoms with van der Waals surface area (Å²) >= 11 is 0. The van der Waals surface area contributed by atoms with Crippen LogP contribution < -0.4 is 10.5 Å². The number of hydrogen-bond acceptors (Lipinski definition) is 4. The van der Waals surface area contributed by atoms with E-state index in [1.165, 1.54) is 5.56 Å². The second-order valence-corrected chi connectivity index (χ2v) is 4.99. The third kappa shape index (κ3) is 4.49. The SMILES string of the molecule is COCCc1ccc(OCC(N)C2CCOC2)cc1. The van der Waals surface area contributed by atoms with Crippen LogP contribution in [0.15, 0.2) is 24.3 Å². The van der Waals surface area contributed by atoms with Gasteiger partial charge in [0, 0.05) is 25.7 Å². The van der Waals surface area contributed by atoms with E-state index in [0.717, 1.165) is 38.4 Å². The van der Waals surface area contributed by atoms with Crippen LogP contribution in [0.3, 0.4) is 0 Å². The minimum Gasteiger partial charge on any atom is -0.492 e. The fourth-order valence-corrected chi connectivity index (χ4v) is 2.19. The smallest absolute Gasteiger partial charge is 0.119 e. The Morgan fingerprint density at radius 1 is 1.37 bits per heavy atom. The van der Waals surface area contributed by atoms with Gasteiger partial charge in [-0.05, 0) is 30.5 Å². The highest BCUT2D eigenvalue weighted by atomic mass is 16.5. The quantitative estimate of drug-likeness (QED) is 0.814. The molecule has 19 heavy (non-hydrogen) atoms. The molecule has 1 fully saturated rings. The Bertz CT molecular complexity index is 360. The standard InChI is InChI=1S/C15H23NO3/c1-17-8-6-12-2-4-14(5-3-12)19-11-15(16)13-7-9-18-10-13/h2-5,13,15H,6-11,16H2,1H3. The van der Waals surface area contributed by atoms with Crippen molar-refractivity contribution < 1.29 is 14.2 Å². The van der Waals surface area contributed by atoms with Gasteiger partial charge in [0.1, 0.15) is 12.4 Å². The predicted molar refractivity (Wildman–Crippen MR) is 74.4 cm³/mol. The molecule has 1 aliphatic rings. The summed E-state index contributed by atoms with van der Waals surface area (Å²) in [6.45, 7) is 2.88. The van der Waals surface area contributed by atoms with Gasteiger partial charge in [-0.1, -0.05) is 12.1 Å². The van der Waals surface area contributed by atoms with Crippen molar-refractivity contribution in [2.45, 2.75) is 18.9 Å². The molecule has 0 bridgehead atoms. The molecule has 2 atom stereocenters. The van der Waals surface area contributed by atoms with Crippen LogP contribution in [0.25, 0.3) is 0 Å². The summed E-state index contributed by atoms with van der Waals surface area (Å²) in [7, 11) is 1.71. The van der Waals surface area contributed by atoms with Crippen molar-refractivity contribution in [1.29, 1.82) is 0 Å². The van der Waals surface area contributed by atoms with Gasteiger partial charge in [0.25, 0.3) is 0 Å². The highest BCUT2D eigenvalue weighted by Crippen LogP contribution is 2.17. The van der Waals surface area contributed by atoms with Crippen molar-refractivity contribution in [2.75, 3.05) is 33.5 Å². The highest BCUT2D eigenvalue weighted by Gasteiger charge is 2.23. The molecule has 1 aromatic carbocycles. The Morgan fingerprint density at radius 2 is 2.16 bits per heavy atom. The van der Waals surface area contributed by atoms with Crippen molar-refractivity contribution >= 4 is 0 Å². The fourth-order valence-electron chi connectivity index (χ4n) is 2.19. The molecule has 1 aliphatic heterocycles. The molecule has 0 amide bonds. The Kier molecular flexibility index (Phi) is 5.63. The normalized spacial score (nSPS) is 20.4. The highest BCUT2D eigenvalue weighted by molar-refractivity contribution is 5.27. The number of rotatable bonds is 7. The Hall–Kier alpha value is -1.10. The molecule has 2 N–H and O–H groups in total. The molecule has 2 unspecified atom stereocenters. The first-order chi connectivity index (χ1) is 9.29. The first-order valence-electron chi connectivity index (χ1n) is 6.83. The topological polar surface area (TPSA) is 53.7 Å². The van der Waals surface area contributed by atoms with Crippen LogP contribution in [0.5, 0.6) is 5.75 Å². The van der Waals surface area contributed by atoms with Gasteiger partial charge in [0.2, 0.25) is 0 Å². The maximum Gasteiger partial charge on any atom is 0.119 e. The summed E-state index contributed by atoms with van der Waals surface area (Å²) in [6, 6.07) is 8.17. The van der Waals surface area contributed by atoms with E-state index in [1.54, 1.807) is 7.11 Å². The lowest BCUT2D eigenvalue weighted by Crippen LogP contribution is -2.36. The summed E-state index contributed by atoms with van der Waals surface area (Å²) in [6.07, 6.45) is 1.97. The second-order valence-electron chi connectivity index (χ2n) is 4.99. The van der Waals surface area contributed by atoms with E-state index in [4.69, 9.17) is 19.9 Å². The van der Waals surface area contributed by atoms with Crippen LogP contribution in [0.4, 0.5) is 0 Å². The molecule has 0 aromatic heterocycles. The van der Waals surface area contributed by atoms with Crippen molar-refractivity contribution in [3.05, 3.63) is 29.8 Å². The largest absolute Gasteiger partial charge is 0.492 e. The maximum atomic E-state index is 6.10. The Morgan fingerprint density at radius 3 is 2.79 bits per heavy atom. The first kappa shape index (κ1) is 14.3. The van der Waals surface area contributed by atoms with Gasteiger partial charge < -0.3 is 19.9 Å². The van der Waals surface area contributed by atoms with Crippen molar-refractivity contribution in [3.8, 4) is 5.75 Å². The average molecular weight is 265 g/mol. The molecule has 1 aromatic rings. The zero-order valence-corrected chi connectivity index (χ0v) is 11.5. The van der Waals surface area contributed by atoms with Crippen LogP contribution in [0.1, 0.15) is 12.0 Å². The van der Waals surface area contributed by atoms with Crippen LogP contribution in [-0.2, 0) is 15.9 Å². The van der Waals surface area contributed by atoms with Crippen molar-refractivity contribution in [1.82, 2.24) is 0 Å². The van der Waals surface area contributed by atoms with Crippen LogP contribution >= 0.6 is 0 Å². The van der Waals surface area contributed by atoms with Crippen LogP contribution in [0, 0.1) is 5.92 Å². The molecule has 0 saturated carbocycles. The zero-order valence-electron chi connectivity index (χ0n) is 11.5. The first-order valence-corrected chi connectivity index (χ1v) is 6.83. The summed E-state index contributed by atoms with van der Waals surface area (Å²) in [5, 5.41) is 0. The third-order valence-electron chi connectivity index (χ3n) is 3.53. The lowest BCUT2D eigenvalue weighted by molar-refractivity contribution is 0.170. The third-order valence-corrected chi connectivity index (χ3v) is 3.53. The number of nitrogens with two attached hydrogens (primary N) is 1. The molecular formula is C15H23NO3. The Labute approximate surface area is 114 Å². The van der Waals surface area contributed by atoms with E-state index in [-0.39, 0.29) is 6.04 Å². The molecule has 2 rings (SSSR count). The lowest BCUT2D eigenvalue weighted by Gasteiger charge is -2.18.